The third-order valence-electron chi connectivity index (χ3n) is 6.06. The number of anilines is 1. The number of aryl methyl sites for hydroxylation is 1. The van der Waals surface area contributed by atoms with E-state index in [0.717, 1.165) is 12.0 Å². The summed E-state index contributed by atoms with van der Waals surface area (Å²) in [6, 6.07) is 26.4. The first-order chi connectivity index (χ1) is 14.1. The molecule has 1 aliphatic carbocycles. The fourth-order valence-corrected chi connectivity index (χ4v) is 4.42. The van der Waals surface area contributed by atoms with Crippen LogP contribution < -0.4 is 4.90 Å². The molecule has 0 saturated carbocycles. The molecular weight excluding hydrogens is 412 g/mol. The Hall–Kier alpha value is -2.26. The molecule has 3 aromatic rings. The molecule has 0 saturated heterocycles. The molecule has 0 amide bonds. The van der Waals surface area contributed by atoms with E-state index in [4.69, 9.17) is 0 Å². The number of benzene rings is 3. The predicted octanol–water partition coefficient (Wildman–Crippen LogP) is 7.70. The van der Waals surface area contributed by atoms with Crippen molar-refractivity contribution < 1.29 is 21.7 Å². The van der Waals surface area contributed by atoms with Crippen LogP contribution in [-0.4, -0.2) is 14.1 Å². The van der Waals surface area contributed by atoms with Gasteiger partial charge in [-0.15, -0.1) is 17.7 Å². The second-order valence-corrected chi connectivity index (χ2v) is 8.24. The molecule has 1 unspecified atom stereocenters. The summed E-state index contributed by atoms with van der Waals surface area (Å²) in [5.74, 6) is 0.504. The van der Waals surface area contributed by atoms with Crippen LogP contribution in [-0.2, 0) is 28.1 Å². The van der Waals surface area contributed by atoms with Crippen LogP contribution in [0.2, 0.25) is 0 Å². The van der Waals surface area contributed by atoms with Crippen LogP contribution in [0.3, 0.4) is 0 Å². The van der Waals surface area contributed by atoms with Gasteiger partial charge in [0.1, 0.15) is 0 Å². The Kier molecular flexibility index (Phi) is 9.19. The molecule has 0 spiro atoms. The average Bonchev–Trinajstić information content (AvgIpc) is 3.11. The van der Waals surface area contributed by atoms with Crippen molar-refractivity contribution >= 4 is 17.3 Å². The van der Waals surface area contributed by atoms with Crippen molar-refractivity contribution in [2.75, 3.05) is 19.0 Å². The number of unbranched alkanes of at least 4 members (excludes halogenated alkanes) is 1. The summed E-state index contributed by atoms with van der Waals surface area (Å²) in [6.07, 6.45) is 7.11. The number of hydrogen-bond acceptors (Lipinski definition) is 1. The first-order valence-electron chi connectivity index (χ1n) is 10.6. The van der Waals surface area contributed by atoms with Crippen molar-refractivity contribution in [3.8, 4) is 0 Å². The second kappa shape index (κ2) is 11.4. The fraction of sp³-hybridized carbons (Fsp3) is 0.250. The summed E-state index contributed by atoms with van der Waals surface area (Å²) in [6.45, 7) is 4.27. The van der Waals surface area contributed by atoms with Crippen molar-refractivity contribution in [2.24, 2.45) is 0 Å². The van der Waals surface area contributed by atoms with Gasteiger partial charge in [0.05, 0.1) is 0 Å². The Morgan fingerprint density at radius 2 is 1.58 bits per heavy atom. The molecule has 1 atom stereocenters. The van der Waals surface area contributed by atoms with E-state index in [-0.39, 0.29) is 27.9 Å². The van der Waals surface area contributed by atoms with Gasteiger partial charge in [-0.05, 0) is 34.4 Å². The van der Waals surface area contributed by atoms with Gasteiger partial charge in [-0.2, -0.15) is 12.5 Å². The van der Waals surface area contributed by atoms with Crippen LogP contribution in [0.5, 0.6) is 0 Å². The second-order valence-electron chi connectivity index (χ2n) is 8.24. The number of nitrogens with two attached hydrogens (primary N) is 1. The van der Waals surface area contributed by atoms with Gasteiger partial charge in [-0.3, -0.25) is 0 Å². The van der Waals surface area contributed by atoms with Gasteiger partial charge in [-0.25, -0.2) is 0 Å². The molecule has 4 rings (SSSR count). The van der Waals surface area contributed by atoms with Gasteiger partial charge in [0, 0.05) is 20.0 Å². The molecule has 0 radical (unpaired) electrons. The van der Waals surface area contributed by atoms with Crippen molar-refractivity contribution in [1.82, 2.24) is 0 Å². The third-order valence-corrected chi connectivity index (χ3v) is 6.06. The summed E-state index contributed by atoms with van der Waals surface area (Å²) in [7, 11) is 4.15. The molecule has 3 aromatic carbocycles. The normalized spacial score (nSPS) is 14.1. The number of allylic oxidation sites excluding steroid dienone is 1. The van der Waals surface area contributed by atoms with Gasteiger partial charge in [-0.1, -0.05) is 86.0 Å². The van der Waals surface area contributed by atoms with E-state index in [2.05, 4.69) is 105 Å². The van der Waals surface area contributed by atoms with Gasteiger partial charge in [0.15, 0.2) is 0 Å². The van der Waals surface area contributed by atoms with Crippen molar-refractivity contribution in [2.45, 2.75) is 31.6 Å². The monoisotopic (exact) mass is 444 g/mol. The smallest absolute Gasteiger partial charge is 0.693 e. The zero-order valence-electron chi connectivity index (χ0n) is 18.6. The Morgan fingerprint density at radius 3 is 2.29 bits per heavy atom. The standard InChI is InChI=1S/C28H30N.H2N.Ti/c1-21-19-25(29(2)3)18-17-22(21)11-7-10-16-27-26-15-9-8-14-24(26)20-28(27)23-12-5-4-6-13-23;;/h4-6,8-9,12-15,17-20,27H,1,7,10-11,16H2,2-3H3;1H2;/q2*-1;+2. The third kappa shape index (κ3) is 5.71. The molecule has 0 heterocycles. The first-order valence-corrected chi connectivity index (χ1v) is 10.6. The predicted molar refractivity (Wildman–Crippen MR) is 132 cm³/mol. The average molecular weight is 444 g/mol. The van der Waals surface area contributed by atoms with Crippen molar-refractivity contribution in [3.05, 3.63) is 114 Å². The Bertz CT molecular complexity index is 1010. The van der Waals surface area contributed by atoms with E-state index < -0.39 is 0 Å². The molecule has 3 heteroatoms. The molecule has 31 heavy (non-hydrogen) atoms. The minimum atomic E-state index is 0. The Morgan fingerprint density at radius 1 is 0.871 bits per heavy atom. The van der Waals surface area contributed by atoms with Crippen LogP contribution in [0.15, 0.2) is 72.8 Å². The maximum absolute atomic E-state index is 4.27. The molecule has 0 aromatic heterocycles. The largest absolute Gasteiger partial charge is 2.00 e. The van der Waals surface area contributed by atoms with Crippen LogP contribution in [0.25, 0.3) is 17.8 Å². The number of fused-ring (bicyclic) bond motifs is 1. The molecule has 1 aliphatic rings. The number of hydrogen-bond donors (Lipinski definition) is 0. The van der Waals surface area contributed by atoms with Crippen LogP contribution in [0, 0.1) is 6.92 Å². The summed E-state index contributed by atoms with van der Waals surface area (Å²) in [4.78, 5) is 2.13. The van der Waals surface area contributed by atoms with Gasteiger partial charge >= 0.3 is 21.7 Å². The van der Waals surface area contributed by atoms with Crippen LogP contribution >= 0.6 is 0 Å². The SMILES string of the molecule is [CH2-]c1cc(N(C)C)ccc1CCCCC1C(c2ccccc2)=Cc2ccccc21.[NH2-].[Ti+2]. The quantitative estimate of drug-likeness (QED) is 0.209. The van der Waals surface area contributed by atoms with Crippen molar-refractivity contribution in [1.29, 1.82) is 0 Å². The minimum absolute atomic E-state index is 0. The maximum atomic E-state index is 4.27. The first kappa shape index (κ1) is 25.0. The summed E-state index contributed by atoms with van der Waals surface area (Å²) in [5, 5.41) is 0. The molecule has 0 fully saturated rings. The van der Waals surface area contributed by atoms with E-state index in [1.165, 1.54) is 52.8 Å². The zero-order chi connectivity index (χ0) is 20.2. The van der Waals surface area contributed by atoms with E-state index in [9.17, 15) is 0 Å². The van der Waals surface area contributed by atoms with E-state index in [1.54, 1.807) is 0 Å². The fourth-order valence-electron chi connectivity index (χ4n) is 4.42. The molecular formula is C28H32N2Ti. The Labute approximate surface area is 202 Å². The van der Waals surface area contributed by atoms with Crippen LogP contribution in [0.4, 0.5) is 5.69 Å². The minimum Gasteiger partial charge on any atom is -0.693 e. The molecule has 2 N–H and O–H groups in total. The summed E-state index contributed by atoms with van der Waals surface area (Å²) >= 11 is 0. The maximum Gasteiger partial charge on any atom is 2.00 e. The van der Waals surface area contributed by atoms with Crippen LogP contribution in [0.1, 0.15) is 53.0 Å². The molecule has 0 aliphatic heterocycles. The van der Waals surface area contributed by atoms with Gasteiger partial charge in [0.2, 0.25) is 0 Å². The molecule has 158 valence electrons. The summed E-state index contributed by atoms with van der Waals surface area (Å²) < 4.78 is 0. The van der Waals surface area contributed by atoms with E-state index in [0.29, 0.717) is 5.92 Å². The van der Waals surface area contributed by atoms with E-state index >= 15 is 0 Å². The molecule has 0 bridgehead atoms. The summed E-state index contributed by atoms with van der Waals surface area (Å²) in [5.41, 5.74) is 9.45. The zero-order valence-corrected chi connectivity index (χ0v) is 20.2. The van der Waals surface area contributed by atoms with Crippen molar-refractivity contribution in [3.63, 3.8) is 0 Å². The topological polar surface area (TPSA) is 36.7 Å². The number of nitrogens with zero attached hydrogens (tertiary/aromatic N) is 1. The molecule has 2 nitrogen and oxygen atoms in total. The van der Waals surface area contributed by atoms with Gasteiger partial charge < -0.3 is 11.1 Å². The Balaban J connectivity index is 0.00000171. The number of rotatable bonds is 7. The van der Waals surface area contributed by atoms with E-state index in [1.807, 2.05) is 0 Å². The van der Waals surface area contributed by atoms with Gasteiger partial charge in [0.25, 0.3) is 0 Å².